The lowest BCUT2D eigenvalue weighted by atomic mass is 9.87. The number of likely N-dealkylation sites (N-methyl/N-ethyl adjacent to an activating group) is 1. The van der Waals surface area contributed by atoms with E-state index in [2.05, 4.69) is 36.2 Å². The van der Waals surface area contributed by atoms with E-state index in [0.717, 1.165) is 12.5 Å². The Morgan fingerprint density at radius 2 is 1.94 bits per heavy atom. The summed E-state index contributed by atoms with van der Waals surface area (Å²) in [5.41, 5.74) is 9.08. The molecular formula is C16H24N2. The van der Waals surface area contributed by atoms with E-state index in [4.69, 9.17) is 5.73 Å². The van der Waals surface area contributed by atoms with Crippen molar-refractivity contribution in [1.29, 1.82) is 0 Å². The quantitative estimate of drug-likeness (QED) is 0.880. The number of fused-ring (bicyclic) bond motifs is 1. The molecule has 1 saturated carbocycles. The molecule has 0 bridgehead atoms. The summed E-state index contributed by atoms with van der Waals surface area (Å²) in [6.07, 6.45) is 6.49. The molecule has 0 saturated heterocycles. The van der Waals surface area contributed by atoms with Crippen LogP contribution in [0.15, 0.2) is 24.3 Å². The molecule has 2 N–H and O–H groups in total. The van der Waals surface area contributed by atoms with Crippen LogP contribution in [0.3, 0.4) is 0 Å². The van der Waals surface area contributed by atoms with Crippen molar-refractivity contribution in [3.8, 4) is 0 Å². The Kier molecular flexibility index (Phi) is 3.40. The molecule has 1 aromatic carbocycles. The van der Waals surface area contributed by atoms with Gasteiger partial charge in [0.2, 0.25) is 0 Å². The van der Waals surface area contributed by atoms with Gasteiger partial charge in [-0.3, -0.25) is 4.90 Å². The van der Waals surface area contributed by atoms with Crippen LogP contribution in [-0.4, -0.2) is 30.6 Å². The van der Waals surface area contributed by atoms with Crippen molar-refractivity contribution in [1.82, 2.24) is 4.90 Å². The Morgan fingerprint density at radius 3 is 2.61 bits per heavy atom. The molecule has 1 fully saturated rings. The van der Waals surface area contributed by atoms with Gasteiger partial charge in [-0.25, -0.2) is 0 Å². The summed E-state index contributed by atoms with van der Waals surface area (Å²) in [7, 11) is 2.29. The molecule has 3 rings (SSSR count). The second-order valence-electron chi connectivity index (χ2n) is 5.97. The summed E-state index contributed by atoms with van der Waals surface area (Å²) < 4.78 is 0. The number of hydrogen-bond donors (Lipinski definition) is 1. The Balaban J connectivity index is 1.71. The monoisotopic (exact) mass is 244 g/mol. The van der Waals surface area contributed by atoms with Crippen molar-refractivity contribution in [3.05, 3.63) is 35.4 Å². The van der Waals surface area contributed by atoms with Gasteiger partial charge in [-0.1, -0.05) is 24.3 Å². The number of aryl methyl sites for hydroxylation is 1. The van der Waals surface area contributed by atoms with Crippen LogP contribution in [0.4, 0.5) is 0 Å². The van der Waals surface area contributed by atoms with Gasteiger partial charge in [0.15, 0.2) is 0 Å². The summed E-state index contributed by atoms with van der Waals surface area (Å²) in [5, 5.41) is 0. The third-order valence-corrected chi connectivity index (χ3v) is 4.83. The number of rotatable bonds is 4. The lowest BCUT2D eigenvalue weighted by molar-refractivity contribution is 0.146. The van der Waals surface area contributed by atoms with Gasteiger partial charge in [-0.15, -0.1) is 0 Å². The molecular weight excluding hydrogens is 220 g/mol. The molecule has 18 heavy (non-hydrogen) atoms. The first kappa shape index (κ1) is 12.2. The predicted octanol–water partition coefficient (Wildman–Crippen LogP) is 2.21. The van der Waals surface area contributed by atoms with Crippen LogP contribution in [0.25, 0.3) is 0 Å². The molecule has 98 valence electrons. The maximum Gasteiger partial charge on any atom is 0.0246 e. The van der Waals surface area contributed by atoms with Crippen LogP contribution >= 0.6 is 0 Å². The highest BCUT2D eigenvalue weighted by atomic mass is 15.2. The van der Waals surface area contributed by atoms with Gasteiger partial charge in [-0.2, -0.15) is 0 Å². The molecule has 2 aliphatic carbocycles. The van der Waals surface area contributed by atoms with Crippen molar-refractivity contribution < 1.29 is 0 Å². The summed E-state index contributed by atoms with van der Waals surface area (Å²) >= 11 is 0. The van der Waals surface area contributed by atoms with Gasteiger partial charge in [0.25, 0.3) is 0 Å². The number of benzene rings is 1. The molecule has 1 aromatic rings. The van der Waals surface area contributed by atoms with Gasteiger partial charge in [0.1, 0.15) is 0 Å². The van der Waals surface area contributed by atoms with E-state index in [1.54, 1.807) is 11.1 Å². The topological polar surface area (TPSA) is 29.3 Å². The highest BCUT2D eigenvalue weighted by molar-refractivity contribution is 5.30. The summed E-state index contributed by atoms with van der Waals surface area (Å²) in [4.78, 5) is 2.58. The van der Waals surface area contributed by atoms with Crippen LogP contribution in [0.1, 0.15) is 30.4 Å². The smallest absolute Gasteiger partial charge is 0.0246 e. The lowest BCUT2D eigenvalue weighted by Gasteiger charge is -2.37. The van der Waals surface area contributed by atoms with Crippen molar-refractivity contribution in [2.45, 2.75) is 44.2 Å². The minimum absolute atomic E-state index is 0.611. The third kappa shape index (κ3) is 2.32. The second-order valence-corrected chi connectivity index (χ2v) is 5.97. The van der Waals surface area contributed by atoms with Crippen molar-refractivity contribution in [2.75, 3.05) is 13.6 Å². The van der Waals surface area contributed by atoms with E-state index in [1.807, 2.05) is 0 Å². The molecule has 2 aliphatic rings. The van der Waals surface area contributed by atoms with E-state index >= 15 is 0 Å². The van der Waals surface area contributed by atoms with E-state index < -0.39 is 0 Å². The van der Waals surface area contributed by atoms with Crippen molar-refractivity contribution in [3.63, 3.8) is 0 Å². The maximum absolute atomic E-state index is 5.97. The molecule has 0 radical (unpaired) electrons. The fourth-order valence-corrected chi connectivity index (χ4v) is 3.47. The fraction of sp³-hybridized carbons (Fsp3) is 0.625. The molecule has 2 unspecified atom stereocenters. The first-order chi connectivity index (χ1) is 8.79. The van der Waals surface area contributed by atoms with Crippen LogP contribution in [0.2, 0.25) is 0 Å². The minimum atomic E-state index is 0.611. The molecule has 0 aromatic heterocycles. The van der Waals surface area contributed by atoms with Gasteiger partial charge in [0, 0.05) is 18.6 Å². The average molecular weight is 244 g/mol. The third-order valence-electron chi connectivity index (χ3n) is 4.83. The Labute approximate surface area is 110 Å². The van der Waals surface area contributed by atoms with Gasteiger partial charge >= 0.3 is 0 Å². The van der Waals surface area contributed by atoms with Crippen LogP contribution in [0, 0.1) is 5.92 Å². The lowest BCUT2D eigenvalue weighted by Crippen LogP contribution is -2.47. The first-order valence-corrected chi connectivity index (χ1v) is 7.28. The molecule has 2 atom stereocenters. The van der Waals surface area contributed by atoms with Crippen LogP contribution in [-0.2, 0) is 12.8 Å². The molecule has 0 amide bonds. The zero-order valence-corrected chi connectivity index (χ0v) is 11.3. The normalized spacial score (nSPS) is 24.9. The Morgan fingerprint density at radius 1 is 1.22 bits per heavy atom. The molecule has 2 heteroatoms. The van der Waals surface area contributed by atoms with Crippen LogP contribution in [0.5, 0.6) is 0 Å². The summed E-state index contributed by atoms with van der Waals surface area (Å²) in [6.45, 7) is 0.819. The molecule has 2 nitrogen and oxygen atoms in total. The minimum Gasteiger partial charge on any atom is -0.329 e. The van der Waals surface area contributed by atoms with Gasteiger partial charge in [0.05, 0.1) is 0 Å². The van der Waals surface area contributed by atoms with Gasteiger partial charge < -0.3 is 5.73 Å². The Hall–Kier alpha value is -0.860. The van der Waals surface area contributed by atoms with E-state index in [-0.39, 0.29) is 0 Å². The maximum atomic E-state index is 5.97. The molecule has 0 spiro atoms. The molecule has 0 heterocycles. The highest BCUT2D eigenvalue weighted by Gasteiger charge is 2.36. The van der Waals surface area contributed by atoms with E-state index in [0.29, 0.717) is 12.1 Å². The number of hydrogen-bond acceptors (Lipinski definition) is 2. The average Bonchev–Trinajstić information content (AvgIpc) is 3.23. The SMILES string of the molecule is CN(C1CCc2ccccc2C1)C(CN)C1CC1. The van der Waals surface area contributed by atoms with Crippen molar-refractivity contribution in [2.24, 2.45) is 11.7 Å². The summed E-state index contributed by atoms with van der Waals surface area (Å²) in [5.74, 6) is 0.872. The van der Waals surface area contributed by atoms with Crippen molar-refractivity contribution >= 4 is 0 Å². The Bertz CT molecular complexity index is 411. The number of nitrogens with zero attached hydrogens (tertiary/aromatic N) is 1. The highest BCUT2D eigenvalue weighted by Crippen LogP contribution is 2.36. The van der Waals surface area contributed by atoms with Crippen LogP contribution < -0.4 is 5.73 Å². The van der Waals surface area contributed by atoms with E-state index in [1.165, 1.54) is 32.1 Å². The first-order valence-electron chi connectivity index (χ1n) is 7.28. The fourth-order valence-electron chi connectivity index (χ4n) is 3.47. The summed E-state index contributed by atoms with van der Waals surface area (Å²) in [6, 6.07) is 10.2. The standard InChI is InChI=1S/C16H24N2/c1-18(16(11-17)13-6-7-13)15-9-8-12-4-2-3-5-14(12)10-15/h2-5,13,15-16H,6-11,17H2,1H3. The zero-order chi connectivity index (χ0) is 12.5. The number of nitrogens with two attached hydrogens (primary N) is 1. The van der Waals surface area contributed by atoms with Gasteiger partial charge in [-0.05, 0) is 56.2 Å². The second kappa shape index (κ2) is 5.02. The molecule has 0 aliphatic heterocycles. The zero-order valence-electron chi connectivity index (χ0n) is 11.3. The predicted molar refractivity (Wildman–Crippen MR) is 75.6 cm³/mol. The largest absolute Gasteiger partial charge is 0.329 e. The van der Waals surface area contributed by atoms with E-state index in [9.17, 15) is 0 Å².